The Morgan fingerprint density at radius 3 is 2.38 bits per heavy atom. The van der Waals surface area contributed by atoms with Crippen molar-refractivity contribution >= 4 is 40.9 Å². The fourth-order valence-electron chi connectivity index (χ4n) is 2.80. The van der Waals surface area contributed by atoms with E-state index in [4.69, 9.17) is 17.3 Å². The molecule has 4 aromatic rings. The van der Waals surface area contributed by atoms with Gasteiger partial charge in [0.1, 0.15) is 0 Å². The highest BCUT2D eigenvalue weighted by molar-refractivity contribution is 7.98. The molecule has 0 spiro atoms. The lowest BCUT2D eigenvalue weighted by Crippen LogP contribution is -2.16. The van der Waals surface area contributed by atoms with Crippen LogP contribution in [-0.2, 0) is 5.75 Å². The van der Waals surface area contributed by atoms with Gasteiger partial charge in [-0.2, -0.15) is 0 Å². The van der Waals surface area contributed by atoms with Gasteiger partial charge in [-0.25, -0.2) is 14.6 Å². The smallest absolute Gasteiger partial charge is 0.278 e. The summed E-state index contributed by atoms with van der Waals surface area (Å²) >= 11 is 7.35. The predicted octanol–water partition coefficient (Wildman–Crippen LogP) is 3.35. The van der Waals surface area contributed by atoms with E-state index in [1.807, 2.05) is 0 Å². The first-order chi connectivity index (χ1) is 15.5. The summed E-state index contributed by atoms with van der Waals surface area (Å²) in [5.41, 5.74) is 7.52. The minimum absolute atomic E-state index is 0.155. The highest BCUT2D eigenvalue weighted by atomic mass is 35.5. The molecule has 4 rings (SSSR count). The summed E-state index contributed by atoms with van der Waals surface area (Å²) in [7, 11) is 0. The molecule has 0 aliphatic rings. The quantitative estimate of drug-likeness (QED) is 0.316. The topological polar surface area (TPSA) is 129 Å². The molecular weight excluding hydrogens is 450 g/mol. The normalized spacial score (nSPS) is 10.7. The van der Waals surface area contributed by atoms with Gasteiger partial charge in [0.05, 0.1) is 11.4 Å². The minimum Gasteiger partial charge on any atom is -0.366 e. The number of primary amides is 1. The second-order valence-corrected chi connectivity index (χ2v) is 7.87. The van der Waals surface area contributed by atoms with Crippen LogP contribution in [0, 0.1) is 0 Å². The third-order valence-electron chi connectivity index (χ3n) is 4.36. The predicted molar refractivity (Wildman–Crippen MR) is 121 cm³/mol. The molecule has 11 heteroatoms. The fourth-order valence-corrected chi connectivity index (χ4v) is 3.72. The summed E-state index contributed by atoms with van der Waals surface area (Å²) in [6, 6.07) is 15.0. The monoisotopic (exact) mass is 465 g/mol. The Labute approximate surface area is 192 Å². The Morgan fingerprint density at radius 2 is 1.72 bits per heavy atom. The first kappa shape index (κ1) is 21.5. The zero-order valence-electron chi connectivity index (χ0n) is 16.5. The van der Waals surface area contributed by atoms with Crippen LogP contribution in [0.25, 0.3) is 5.69 Å². The molecule has 0 atom stereocenters. The van der Waals surface area contributed by atoms with Crippen LogP contribution in [0.15, 0.2) is 72.1 Å². The first-order valence-electron chi connectivity index (χ1n) is 9.33. The lowest BCUT2D eigenvalue weighted by atomic mass is 10.2. The summed E-state index contributed by atoms with van der Waals surface area (Å²) in [5, 5.41) is 12.2. The van der Waals surface area contributed by atoms with Crippen molar-refractivity contribution in [1.82, 2.24) is 25.0 Å². The largest absolute Gasteiger partial charge is 0.366 e. The van der Waals surface area contributed by atoms with Crippen LogP contribution in [0.4, 0.5) is 5.69 Å². The van der Waals surface area contributed by atoms with Crippen molar-refractivity contribution in [3.05, 3.63) is 89.0 Å². The molecule has 2 amide bonds. The van der Waals surface area contributed by atoms with Crippen LogP contribution in [0.5, 0.6) is 0 Å². The van der Waals surface area contributed by atoms with Crippen molar-refractivity contribution in [1.29, 1.82) is 0 Å². The van der Waals surface area contributed by atoms with E-state index in [1.165, 1.54) is 23.9 Å². The maximum Gasteiger partial charge on any atom is 0.278 e. The van der Waals surface area contributed by atoms with Gasteiger partial charge < -0.3 is 11.1 Å². The Kier molecular flexibility index (Phi) is 6.43. The number of carbonyl (C=O) groups excluding carboxylic acids is 2. The number of hydrogen-bond acceptors (Lipinski definition) is 7. The number of nitrogens with two attached hydrogens (primary N) is 1. The van der Waals surface area contributed by atoms with Gasteiger partial charge in [-0.15, -0.1) is 5.10 Å². The highest BCUT2D eigenvalue weighted by Gasteiger charge is 2.21. The van der Waals surface area contributed by atoms with Crippen molar-refractivity contribution < 1.29 is 9.59 Å². The molecule has 3 N–H and O–H groups in total. The van der Waals surface area contributed by atoms with E-state index in [9.17, 15) is 9.59 Å². The Balaban J connectivity index is 1.63. The van der Waals surface area contributed by atoms with E-state index in [0.29, 0.717) is 38.6 Å². The number of halogens is 1. The molecule has 160 valence electrons. The molecule has 9 nitrogen and oxygen atoms in total. The molecule has 2 heterocycles. The summed E-state index contributed by atoms with van der Waals surface area (Å²) in [6.45, 7) is 0. The van der Waals surface area contributed by atoms with Gasteiger partial charge in [0.2, 0.25) is 5.91 Å². The molecule has 0 saturated heterocycles. The molecule has 0 unspecified atom stereocenters. The van der Waals surface area contributed by atoms with Crippen LogP contribution >= 0.6 is 23.4 Å². The van der Waals surface area contributed by atoms with Crippen LogP contribution in [0.1, 0.15) is 26.5 Å². The Morgan fingerprint density at radius 1 is 1.03 bits per heavy atom. The number of aromatic nitrogens is 5. The molecular formula is C21H16ClN7O2S. The van der Waals surface area contributed by atoms with Gasteiger partial charge in [-0.05, 0) is 54.6 Å². The fraction of sp³-hybridized carbons (Fsp3) is 0.0476. The minimum atomic E-state index is -0.545. The van der Waals surface area contributed by atoms with E-state index >= 15 is 0 Å². The van der Waals surface area contributed by atoms with Gasteiger partial charge in [0, 0.05) is 34.4 Å². The molecule has 32 heavy (non-hydrogen) atoms. The maximum absolute atomic E-state index is 13.0. The molecule has 0 aliphatic heterocycles. The summed E-state index contributed by atoms with van der Waals surface area (Å²) in [5.74, 6) is -0.638. The zero-order chi connectivity index (χ0) is 22.5. The summed E-state index contributed by atoms with van der Waals surface area (Å²) in [6.07, 6.45) is 3.29. The molecule has 0 aliphatic carbocycles. The SMILES string of the molecule is NC(=O)c1ccc(NC(=O)c2nnn(-c3ccc(Cl)cc3)c2CSc2ncccn2)cc1. The summed E-state index contributed by atoms with van der Waals surface area (Å²) < 4.78 is 1.58. The Hall–Kier alpha value is -3.76. The molecule has 0 fully saturated rings. The number of anilines is 1. The van der Waals surface area contributed by atoms with E-state index < -0.39 is 11.8 Å². The average molecular weight is 466 g/mol. The second kappa shape index (κ2) is 9.58. The summed E-state index contributed by atoms with van der Waals surface area (Å²) in [4.78, 5) is 32.6. The van der Waals surface area contributed by atoms with Crippen molar-refractivity contribution in [3.63, 3.8) is 0 Å². The van der Waals surface area contributed by atoms with Gasteiger partial charge in [0.15, 0.2) is 10.9 Å². The van der Waals surface area contributed by atoms with Crippen molar-refractivity contribution in [2.45, 2.75) is 10.9 Å². The van der Waals surface area contributed by atoms with Crippen molar-refractivity contribution in [2.75, 3.05) is 5.32 Å². The number of thioether (sulfide) groups is 1. The number of nitrogens with one attached hydrogen (secondary N) is 1. The van der Waals surface area contributed by atoms with Crippen molar-refractivity contribution in [2.24, 2.45) is 5.73 Å². The maximum atomic E-state index is 13.0. The number of carbonyl (C=O) groups is 2. The van der Waals surface area contributed by atoms with E-state index in [1.54, 1.807) is 59.5 Å². The number of hydrogen-bond donors (Lipinski definition) is 2. The molecule has 2 aromatic heterocycles. The van der Waals surface area contributed by atoms with Crippen LogP contribution in [-0.4, -0.2) is 36.8 Å². The van der Waals surface area contributed by atoms with Gasteiger partial charge >= 0.3 is 0 Å². The second-order valence-electron chi connectivity index (χ2n) is 6.49. The molecule has 0 bridgehead atoms. The number of amides is 2. The molecule has 2 aromatic carbocycles. The van der Waals surface area contributed by atoms with Gasteiger partial charge in [-0.3, -0.25) is 9.59 Å². The lowest BCUT2D eigenvalue weighted by molar-refractivity contribution is 0.0997. The van der Waals surface area contributed by atoms with Crippen molar-refractivity contribution in [3.8, 4) is 5.69 Å². The third kappa shape index (κ3) is 4.93. The highest BCUT2D eigenvalue weighted by Crippen LogP contribution is 2.24. The average Bonchev–Trinajstić information content (AvgIpc) is 3.23. The molecule has 0 radical (unpaired) electrons. The van der Waals surface area contributed by atoms with Gasteiger partial charge in [0.25, 0.3) is 5.91 Å². The van der Waals surface area contributed by atoms with Crippen LogP contribution in [0.2, 0.25) is 5.02 Å². The number of rotatable bonds is 7. The zero-order valence-corrected chi connectivity index (χ0v) is 18.0. The van der Waals surface area contributed by atoms with Crippen LogP contribution in [0.3, 0.4) is 0 Å². The first-order valence-corrected chi connectivity index (χ1v) is 10.7. The van der Waals surface area contributed by atoms with E-state index in [0.717, 1.165) is 0 Å². The number of nitrogens with zero attached hydrogens (tertiary/aromatic N) is 5. The molecule has 0 saturated carbocycles. The Bertz CT molecular complexity index is 1250. The number of benzene rings is 2. The van der Waals surface area contributed by atoms with E-state index in [2.05, 4.69) is 25.6 Å². The van der Waals surface area contributed by atoms with E-state index in [-0.39, 0.29) is 5.69 Å². The standard InChI is InChI=1S/C21H16ClN7O2S/c22-14-4-8-16(9-5-14)29-17(12-32-21-24-10-1-11-25-21)18(27-28-29)20(31)26-15-6-2-13(3-7-15)19(23)30/h1-11H,12H2,(H2,23,30)(H,26,31). The lowest BCUT2D eigenvalue weighted by Gasteiger charge is -2.09. The van der Waals surface area contributed by atoms with Gasteiger partial charge in [-0.1, -0.05) is 28.6 Å². The van der Waals surface area contributed by atoms with Crippen LogP contribution < -0.4 is 11.1 Å². The third-order valence-corrected chi connectivity index (χ3v) is 5.50.